The van der Waals surface area contributed by atoms with E-state index in [1.807, 2.05) is 20.8 Å². The lowest BCUT2D eigenvalue weighted by molar-refractivity contribution is 0.0658. The third-order valence-corrected chi connectivity index (χ3v) is 3.98. The topological polar surface area (TPSA) is 79.6 Å². The Balaban J connectivity index is 2.55. The van der Waals surface area contributed by atoms with Gasteiger partial charge in [0.1, 0.15) is 11.1 Å². The van der Waals surface area contributed by atoms with Crippen LogP contribution >= 0.6 is 15.9 Å². The zero-order valence-electron chi connectivity index (χ0n) is 15.8. The SMILES string of the molecule is CC(C)(C)NC(=O)N(C(=O)c1cc2cc(Br)ccc2oc1=O)C(C)(C)C. The van der Waals surface area contributed by atoms with E-state index in [-0.39, 0.29) is 5.56 Å². The fraction of sp³-hybridized carbons (Fsp3) is 0.421. The summed E-state index contributed by atoms with van der Waals surface area (Å²) >= 11 is 3.35. The van der Waals surface area contributed by atoms with E-state index in [1.165, 1.54) is 6.07 Å². The molecule has 0 fully saturated rings. The highest BCUT2D eigenvalue weighted by Gasteiger charge is 2.36. The van der Waals surface area contributed by atoms with E-state index in [0.29, 0.717) is 11.0 Å². The maximum Gasteiger partial charge on any atom is 0.349 e. The van der Waals surface area contributed by atoms with Gasteiger partial charge < -0.3 is 9.73 Å². The Labute approximate surface area is 160 Å². The summed E-state index contributed by atoms with van der Waals surface area (Å²) in [5, 5.41) is 3.36. The smallest absolute Gasteiger partial charge is 0.349 e. The number of carbonyl (C=O) groups excluding carboxylic acids is 2. The number of imide groups is 1. The Morgan fingerprint density at radius 2 is 1.69 bits per heavy atom. The zero-order chi connectivity index (χ0) is 19.9. The van der Waals surface area contributed by atoms with Crippen molar-refractivity contribution in [3.63, 3.8) is 0 Å². The number of fused-ring (bicyclic) bond motifs is 1. The molecule has 6 nitrogen and oxygen atoms in total. The summed E-state index contributed by atoms with van der Waals surface area (Å²) in [6, 6.07) is 6.01. The largest absolute Gasteiger partial charge is 0.422 e. The second-order valence-corrected chi connectivity index (χ2v) is 9.04. The molecular formula is C19H23BrN2O4. The number of hydrogen-bond donors (Lipinski definition) is 1. The predicted octanol–water partition coefficient (Wildman–Crippen LogP) is 4.30. The third-order valence-electron chi connectivity index (χ3n) is 3.48. The molecule has 0 radical (unpaired) electrons. The van der Waals surface area contributed by atoms with Crippen molar-refractivity contribution in [1.82, 2.24) is 10.2 Å². The van der Waals surface area contributed by atoms with Crippen molar-refractivity contribution in [3.8, 4) is 0 Å². The van der Waals surface area contributed by atoms with E-state index in [0.717, 1.165) is 9.37 Å². The van der Waals surface area contributed by atoms with Crippen molar-refractivity contribution < 1.29 is 14.0 Å². The fourth-order valence-corrected chi connectivity index (χ4v) is 2.82. The Kier molecular flexibility index (Phi) is 5.33. The highest BCUT2D eigenvalue weighted by molar-refractivity contribution is 9.10. The van der Waals surface area contributed by atoms with Gasteiger partial charge in [0, 0.05) is 20.9 Å². The van der Waals surface area contributed by atoms with E-state index in [2.05, 4.69) is 21.2 Å². The molecule has 0 aliphatic carbocycles. The number of hydrogen-bond acceptors (Lipinski definition) is 4. The van der Waals surface area contributed by atoms with Crippen LogP contribution < -0.4 is 10.9 Å². The molecule has 1 aromatic carbocycles. The van der Waals surface area contributed by atoms with Gasteiger partial charge in [0.05, 0.1) is 0 Å². The van der Waals surface area contributed by atoms with Gasteiger partial charge in [-0.25, -0.2) is 9.59 Å². The quantitative estimate of drug-likeness (QED) is 0.694. The summed E-state index contributed by atoms with van der Waals surface area (Å²) in [6.07, 6.45) is 0. The lowest BCUT2D eigenvalue weighted by Crippen LogP contribution is -2.57. The van der Waals surface area contributed by atoms with Crippen LogP contribution in [0.3, 0.4) is 0 Å². The second-order valence-electron chi connectivity index (χ2n) is 8.12. The molecule has 0 saturated carbocycles. The average Bonchev–Trinajstić information content (AvgIpc) is 2.43. The number of nitrogens with one attached hydrogen (secondary N) is 1. The number of benzene rings is 1. The fourth-order valence-electron chi connectivity index (χ4n) is 2.44. The summed E-state index contributed by atoms with van der Waals surface area (Å²) in [5.41, 5.74) is -1.95. The van der Waals surface area contributed by atoms with Gasteiger partial charge in [-0.05, 0) is 65.8 Å². The number of urea groups is 1. The minimum atomic E-state index is -0.828. The summed E-state index contributed by atoms with van der Waals surface area (Å²) in [4.78, 5) is 39.2. The van der Waals surface area contributed by atoms with Crippen LogP contribution in [-0.2, 0) is 0 Å². The van der Waals surface area contributed by atoms with Crippen LogP contribution in [0, 0.1) is 0 Å². The Hall–Kier alpha value is -2.15. The molecule has 0 saturated heterocycles. The first-order valence-corrected chi connectivity index (χ1v) is 8.99. The molecule has 3 amide bonds. The van der Waals surface area contributed by atoms with Gasteiger partial charge >= 0.3 is 11.7 Å². The molecule has 0 bridgehead atoms. The van der Waals surface area contributed by atoms with Gasteiger partial charge in [0.2, 0.25) is 0 Å². The molecule has 0 spiro atoms. The van der Waals surface area contributed by atoms with Crippen molar-refractivity contribution in [2.45, 2.75) is 52.6 Å². The van der Waals surface area contributed by atoms with Gasteiger partial charge in [-0.1, -0.05) is 15.9 Å². The Bertz CT molecular complexity index is 920. The maximum atomic E-state index is 13.1. The number of carbonyl (C=O) groups is 2. The van der Waals surface area contributed by atoms with Crippen molar-refractivity contribution in [2.24, 2.45) is 0 Å². The van der Waals surface area contributed by atoms with Crippen LogP contribution in [0.15, 0.2) is 37.9 Å². The van der Waals surface area contributed by atoms with E-state index in [4.69, 9.17) is 4.42 Å². The Morgan fingerprint density at radius 1 is 1.08 bits per heavy atom. The molecule has 2 aromatic rings. The molecule has 1 heterocycles. The van der Waals surface area contributed by atoms with Gasteiger partial charge in [-0.15, -0.1) is 0 Å². The highest BCUT2D eigenvalue weighted by Crippen LogP contribution is 2.22. The summed E-state index contributed by atoms with van der Waals surface area (Å²) < 4.78 is 6.04. The highest BCUT2D eigenvalue weighted by atomic mass is 79.9. The number of nitrogens with zero attached hydrogens (tertiary/aromatic N) is 1. The molecule has 1 aromatic heterocycles. The van der Waals surface area contributed by atoms with Gasteiger partial charge in [0.25, 0.3) is 5.91 Å². The lowest BCUT2D eigenvalue weighted by Gasteiger charge is -2.35. The van der Waals surface area contributed by atoms with Crippen LogP contribution in [0.25, 0.3) is 11.0 Å². The molecule has 1 N–H and O–H groups in total. The molecule has 0 aliphatic heterocycles. The van der Waals surface area contributed by atoms with Gasteiger partial charge in [-0.3, -0.25) is 9.69 Å². The average molecular weight is 423 g/mol. The molecule has 0 atom stereocenters. The number of amides is 3. The van der Waals surface area contributed by atoms with Gasteiger partial charge in [-0.2, -0.15) is 0 Å². The van der Waals surface area contributed by atoms with Crippen LogP contribution in [0.4, 0.5) is 4.79 Å². The number of rotatable bonds is 1. The normalized spacial score (nSPS) is 12.1. The van der Waals surface area contributed by atoms with Gasteiger partial charge in [0.15, 0.2) is 0 Å². The molecular weight excluding hydrogens is 400 g/mol. The minimum Gasteiger partial charge on any atom is -0.422 e. The standard InChI is InChI=1S/C19H23BrN2O4/c1-18(2,3)21-17(25)22(19(4,5)6)15(23)13-10-11-9-12(20)7-8-14(11)26-16(13)24/h7-10H,1-6H3,(H,21,25). The van der Waals surface area contributed by atoms with Crippen LogP contribution in [0.1, 0.15) is 51.9 Å². The number of halogens is 1. The zero-order valence-corrected chi connectivity index (χ0v) is 17.4. The summed E-state index contributed by atoms with van der Waals surface area (Å²) in [7, 11) is 0. The van der Waals surface area contributed by atoms with E-state index < -0.39 is 28.6 Å². The first-order valence-electron chi connectivity index (χ1n) is 8.20. The lowest BCUT2D eigenvalue weighted by atomic mass is 10.0. The van der Waals surface area contributed by atoms with E-state index in [9.17, 15) is 14.4 Å². The molecule has 0 aliphatic rings. The van der Waals surface area contributed by atoms with Crippen LogP contribution in [-0.4, -0.2) is 27.9 Å². The van der Waals surface area contributed by atoms with Crippen molar-refractivity contribution in [3.05, 3.63) is 44.7 Å². The van der Waals surface area contributed by atoms with Crippen molar-refractivity contribution in [1.29, 1.82) is 0 Å². The summed E-state index contributed by atoms with van der Waals surface area (Å²) in [6.45, 7) is 10.6. The summed E-state index contributed by atoms with van der Waals surface area (Å²) in [5.74, 6) is -0.699. The van der Waals surface area contributed by atoms with E-state index in [1.54, 1.807) is 39.0 Å². The second kappa shape index (κ2) is 6.87. The molecule has 7 heteroatoms. The van der Waals surface area contributed by atoms with E-state index >= 15 is 0 Å². The Morgan fingerprint density at radius 3 is 2.23 bits per heavy atom. The molecule has 140 valence electrons. The van der Waals surface area contributed by atoms with Crippen molar-refractivity contribution >= 4 is 38.8 Å². The predicted molar refractivity (Wildman–Crippen MR) is 104 cm³/mol. The first kappa shape index (κ1) is 20.2. The van der Waals surface area contributed by atoms with Crippen LogP contribution in [0.2, 0.25) is 0 Å². The third kappa shape index (κ3) is 4.52. The minimum absolute atomic E-state index is 0.186. The monoisotopic (exact) mass is 422 g/mol. The first-order chi connectivity index (χ1) is 11.8. The molecule has 2 rings (SSSR count). The molecule has 0 unspecified atom stereocenters. The molecule has 26 heavy (non-hydrogen) atoms. The maximum absolute atomic E-state index is 13.1. The van der Waals surface area contributed by atoms with Crippen LogP contribution in [0.5, 0.6) is 0 Å². The van der Waals surface area contributed by atoms with Crippen molar-refractivity contribution in [2.75, 3.05) is 0 Å².